The number of non-ortho nitro benzene ring substituents is 1. The average molecular weight is 259 g/mol. The van der Waals surface area contributed by atoms with Crippen LogP contribution in [0.25, 0.3) is 0 Å². The van der Waals surface area contributed by atoms with E-state index < -0.39 is 26.3 Å². The van der Waals surface area contributed by atoms with Gasteiger partial charge < -0.3 is 9.84 Å². The van der Waals surface area contributed by atoms with E-state index in [1.165, 1.54) is 12.1 Å². The quantitative estimate of drug-likeness (QED) is 0.608. The molecule has 7 nitrogen and oxygen atoms in total. The molecule has 0 radical (unpaired) electrons. The first-order valence-electron chi connectivity index (χ1n) is 4.62. The van der Waals surface area contributed by atoms with Crippen molar-refractivity contribution in [3.05, 3.63) is 33.9 Å². The minimum Gasteiger partial charge on any atom is -0.463 e. The normalized spacial score (nSPS) is 22.9. The molecule has 0 unspecified atom stereocenters. The van der Waals surface area contributed by atoms with E-state index in [9.17, 15) is 23.6 Å². The average Bonchev–Trinajstić information content (AvgIpc) is 2.51. The molecular formula is C9H9NO6S. The van der Waals surface area contributed by atoms with Gasteiger partial charge in [0.25, 0.3) is 5.69 Å². The molecular weight excluding hydrogens is 250 g/mol. The second kappa shape index (κ2) is 3.67. The number of nitro benzene ring substituents is 1. The third-order valence-electron chi connectivity index (χ3n) is 2.48. The van der Waals surface area contributed by atoms with Gasteiger partial charge in [-0.3, -0.25) is 10.1 Å². The molecule has 0 fully saturated rings. The van der Waals surface area contributed by atoms with E-state index >= 15 is 0 Å². The van der Waals surface area contributed by atoms with Gasteiger partial charge in [0.05, 0.1) is 4.92 Å². The summed E-state index contributed by atoms with van der Waals surface area (Å²) in [6, 6.07) is 3.58. The Morgan fingerprint density at radius 3 is 2.65 bits per heavy atom. The van der Waals surface area contributed by atoms with Crippen molar-refractivity contribution in [2.75, 3.05) is 6.26 Å². The second-order valence-corrected chi connectivity index (χ2v) is 5.90. The lowest BCUT2D eigenvalue weighted by molar-refractivity contribution is -0.384. The van der Waals surface area contributed by atoms with Gasteiger partial charge >= 0.3 is 0 Å². The second-order valence-electron chi connectivity index (χ2n) is 3.74. The highest BCUT2D eigenvalue weighted by atomic mass is 32.2. The summed E-state index contributed by atoms with van der Waals surface area (Å²) in [5.41, 5.74) is -0.121. The van der Waals surface area contributed by atoms with Crippen LogP contribution in [-0.2, 0) is 9.84 Å². The SMILES string of the molecule is CS(=O)(=O)[C@@H]1c2cc([N+](=O)[O-])ccc2O[C@@H]1O. The lowest BCUT2D eigenvalue weighted by atomic mass is 10.1. The van der Waals surface area contributed by atoms with Gasteiger partial charge in [-0.25, -0.2) is 8.42 Å². The van der Waals surface area contributed by atoms with Gasteiger partial charge in [-0.2, -0.15) is 0 Å². The lowest BCUT2D eigenvalue weighted by Crippen LogP contribution is -2.24. The summed E-state index contributed by atoms with van der Waals surface area (Å²) < 4.78 is 27.9. The number of rotatable bonds is 2. The number of nitrogens with zero attached hydrogens (tertiary/aromatic N) is 1. The van der Waals surface area contributed by atoms with Crippen LogP contribution < -0.4 is 4.74 Å². The van der Waals surface area contributed by atoms with Crippen LogP contribution in [0.15, 0.2) is 18.2 Å². The van der Waals surface area contributed by atoms with Gasteiger partial charge in [0.1, 0.15) is 5.75 Å². The number of fused-ring (bicyclic) bond motifs is 1. The Kier molecular flexibility index (Phi) is 2.55. The maximum Gasteiger partial charge on any atom is 0.270 e. The standard InChI is InChI=1S/C9H9NO6S/c1-17(14,15)8-6-4-5(10(12)13)2-3-7(6)16-9(8)11/h2-4,8-9,11H,1H3/t8-,9+/m1/s1. The number of ether oxygens (including phenoxy) is 1. The molecule has 2 atom stereocenters. The minimum absolute atomic E-state index is 0.120. The maximum absolute atomic E-state index is 11.5. The van der Waals surface area contributed by atoms with E-state index in [2.05, 4.69) is 0 Å². The highest BCUT2D eigenvalue weighted by Crippen LogP contribution is 2.41. The van der Waals surface area contributed by atoms with Gasteiger partial charge in [0.2, 0.25) is 6.29 Å². The van der Waals surface area contributed by atoms with Crippen molar-refractivity contribution in [3.63, 3.8) is 0 Å². The molecule has 0 amide bonds. The zero-order valence-electron chi connectivity index (χ0n) is 8.73. The van der Waals surface area contributed by atoms with Crippen molar-refractivity contribution in [2.45, 2.75) is 11.5 Å². The Labute approximate surface area is 96.7 Å². The van der Waals surface area contributed by atoms with E-state index in [0.29, 0.717) is 0 Å². The summed E-state index contributed by atoms with van der Waals surface area (Å²) in [5, 5.41) is 18.8. The maximum atomic E-state index is 11.5. The first kappa shape index (κ1) is 11.8. The molecule has 0 saturated heterocycles. The molecule has 0 spiro atoms. The summed E-state index contributed by atoms with van der Waals surface area (Å²) in [7, 11) is -3.61. The van der Waals surface area contributed by atoms with Crippen LogP contribution in [-0.4, -0.2) is 31.0 Å². The molecule has 0 aliphatic carbocycles. The Hall–Kier alpha value is -1.67. The topological polar surface area (TPSA) is 107 Å². The first-order chi connectivity index (χ1) is 7.80. The largest absolute Gasteiger partial charge is 0.463 e. The Morgan fingerprint density at radius 2 is 2.12 bits per heavy atom. The van der Waals surface area contributed by atoms with Crippen LogP contribution in [0.4, 0.5) is 5.69 Å². The fraction of sp³-hybridized carbons (Fsp3) is 0.333. The lowest BCUT2D eigenvalue weighted by Gasteiger charge is -2.10. The molecule has 0 bridgehead atoms. The number of nitro groups is 1. The van der Waals surface area contributed by atoms with E-state index in [1.54, 1.807) is 0 Å². The Bertz CT molecular complexity index is 581. The number of hydrogen-bond acceptors (Lipinski definition) is 6. The summed E-state index contributed by atoms with van der Waals surface area (Å²) in [5.74, 6) is 0.151. The molecule has 1 aliphatic rings. The van der Waals surface area contributed by atoms with Crippen LogP contribution in [0, 0.1) is 10.1 Å². The molecule has 8 heteroatoms. The molecule has 2 rings (SSSR count). The number of hydrogen-bond donors (Lipinski definition) is 1. The first-order valence-corrected chi connectivity index (χ1v) is 6.58. The van der Waals surface area contributed by atoms with Crippen molar-refractivity contribution in [1.29, 1.82) is 0 Å². The van der Waals surface area contributed by atoms with Gasteiger partial charge in [0.15, 0.2) is 15.1 Å². The van der Waals surface area contributed by atoms with Crippen LogP contribution >= 0.6 is 0 Å². The van der Waals surface area contributed by atoms with E-state index in [-0.39, 0.29) is 17.0 Å². The molecule has 17 heavy (non-hydrogen) atoms. The van der Waals surface area contributed by atoms with Gasteiger partial charge in [-0.05, 0) is 6.07 Å². The fourth-order valence-electron chi connectivity index (χ4n) is 1.77. The predicted octanol–water partition coefficient (Wildman–Crippen LogP) is 0.391. The highest BCUT2D eigenvalue weighted by Gasteiger charge is 2.41. The summed E-state index contributed by atoms with van der Waals surface area (Å²) >= 11 is 0. The van der Waals surface area contributed by atoms with Gasteiger partial charge in [0, 0.05) is 24.0 Å². The summed E-state index contributed by atoms with van der Waals surface area (Å²) in [6.45, 7) is 0. The number of benzene rings is 1. The number of aliphatic hydroxyl groups is 1. The molecule has 1 N–H and O–H groups in total. The molecule has 1 aliphatic heterocycles. The number of aliphatic hydroxyl groups excluding tert-OH is 1. The highest BCUT2D eigenvalue weighted by molar-refractivity contribution is 7.91. The van der Waals surface area contributed by atoms with Crippen LogP contribution in [0.5, 0.6) is 5.75 Å². The monoisotopic (exact) mass is 259 g/mol. The van der Waals surface area contributed by atoms with Crippen molar-refractivity contribution in [1.82, 2.24) is 0 Å². The predicted molar refractivity (Wildman–Crippen MR) is 57.3 cm³/mol. The molecule has 1 aromatic carbocycles. The van der Waals surface area contributed by atoms with E-state index in [4.69, 9.17) is 4.74 Å². The third-order valence-corrected chi connectivity index (χ3v) is 3.89. The molecule has 1 heterocycles. The molecule has 1 aromatic rings. The van der Waals surface area contributed by atoms with Gasteiger partial charge in [-0.1, -0.05) is 0 Å². The molecule has 0 saturated carbocycles. The zero-order valence-corrected chi connectivity index (χ0v) is 9.55. The fourth-order valence-corrected chi connectivity index (χ4v) is 2.89. The van der Waals surface area contributed by atoms with Crippen LogP contribution in [0.3, 0.4) is 0 Å². The van der Waals surface area contributed by atoms with Crippen LogP contribution in [0.1, 0.15) is 10.8 Å². The Morgan fingerprint density at radius 1 is 1.47 bits per heavy atom. The number of sulfone groups is 1. The van der Waals surface area contributed by atoms with E-state index in [1.807, 2.05) is 0 Å². The van der Waals surface area contributed by atoms with Crippen molar-refractivity contribution < 1.29 is 23.2 Å². The van der Waals surface area contributed by atoms with Gasteiger partial charge in [-0.15, -0.1) is 0 Å². The zero-order chi connectivity index (χ0) is 12.8. The summed E-state index contributed by atoms with van der Waals surface area (Å²) in [6.07, 6.45) is -0.583. The van der Waals surface area contributed by atoms with Crippen LogP contribution in [0.2, 0.25) is 0 Å². The molecule has 92 valence electrons. The Balaban J connectivity index is 2.58. The third kappa shape index (κ3) is 1.96. The van der Waals surface area contributed by atoms with Crippen molar-refractivity contribution >= 4 is 15.5 Å². The smallest absolute Gasteiger partial charge is 0.270 e. The molecule has 0 aromatic heterocycles. The van der Waals surface area contributed by atoms with Crippen molar-refractivity contribution in [3.8, 4) is 5.75 Å². The van der Waals surface area contributed by atoms with E-state index in [0.717, 1.165) is 12.3 Å². The van der Waals surface area contributed by atoms with Crippen molar-refractivity contribution in [2.24, 2.45) is 0 Å². The summed E-state index contributed by atoms with van der Waals surface area (Å²) in [4.78, 5) is 9.96. The minimum atomic E-state index is -3.61.